The monoisotopic (exact) mass is 426 g/mol. The third-order valence-corrected chi connectivity index (χ3v) is 5.98. The number of ether oxygens (including phenoxy) is 2. The fourth-order valence-corrected chi connectivity index (χ4v) is 4.34. The van der Waals surface area contributed by atoms with E-state index in [0.717, 1.165) is 22.8 Å². The highest BCUT2D eigenvalue weighted by molar-refractivity contribution is 7.92. The van der Waals surface area contributed by atoms with E-state index < -0.39 is 16.1 Å². The predicted octanol–water partition coefficient (Wildman–Crippen LogP) is 2.56. The highest BCUT2D eigenvalue weighted by atomic mass is 32.2. The molecule has 1 atom stereocenters. The second-order valence-electron chi connectivity index (χ2n) is 6.99. The van der Waals surface area contributed by atoms with E-state index in [0.29, 0.717) is 11.4 Å². The number of amides is 1. The molecule has 1 N–H and O–H groups in total. The summed E-state index contributed by atoms with van der Waals surface area (Å²) in [5, 5.41) is 4.84. The van der Waals surface area contributed by atoms with Gasteiger partial charge in [-0.2, -0.15) is 0 Å². The van der Waals surface area contributed by atoms with Crippen molar-refractivity contribution < 1.29 is 22.7 Å². The van der Waals surface area contributed by atoms with Gasteiger partial charge >= 0.3 is 0 Å². The summed E-state index contributed by atoms with van der Waals surface area (Å²) in [4.78, 5) is 12.6. The first-order valence-electron chi connectivity index (χ1n) is 9.55. The number of sulfonamides is 1. The summed E-state index contributed by atoms with van der Waals surface area (Å²) in [7, 11) is -3.54. The molecule has 1 heterocycles. The smallest absolute Gasteiger partial charge is 0.263 e. The van der Waals surface area contributed by atoms with Crippen LogP contribution in [0.3, 0.4) is 0 Å². The number of anilines is 1. The van der Waals surface area contributed by atoms with Gasteiger partial charge in [0.05, 0.1) is 25.0 Å². The van der Waals surface area contributed by atoms with Crippen LogP contribution < -0.4 is 19.1 Å². The molecule has 0 aromatic heterocycles. The quantitative estimate of drug-likeness (QED) is 0.613. The summed E-state index contributed by atoms with van der Waals surface area (Å²) in [5.74, 6) is 0.717. The summed E-state index contributed by atoms with van der Waals surface area (Å²) in [6.45, 7) is 0.465. The van der Waals surface area contributed by atoms with Crippen LogP contribution in [0.1, 0.15) is 0 Å². The Hall–Kier alpha value is -3.26. The molecular weight excluding hydrogens is 404 g/mol. The highest BCUT2D eigenvalue weighted by Crippen LogP contribution is 2.34. The Morgan fingerprint density at radius 1 is 1.10 bits per heavy atom. The molecule has 0 saturated heterocycles. The van der Waals surface area contributed by atoms with Crippen molar-refractivity contribution in [2.75, 3.05) is 30.3 Å². The average molecular weight is 426 g/mol. The minimum atomic E-state index is -3.54. The van der Waals surface area contributed by atoms with Gasteiger partial charge in [0.25, 0.3) is 5.91 Å². The molecular formula is C22H22N2O5S. The maximum absolute atomic E-state index is 12.6. The molecule has 0 bridgehead atoms. The minimum Gasteiger partial charge on any atom is -0.491 e. The van der Waals surface area contributed by atoms with E-state index in [9.17, 15) is 13.2 Å². The van der Waals surface area contributed by atoms with Crippen LogP contribution >= 0.6 is 0 Å². The summed E-state index contributed by atoms with van der Waals surface area (Å²) in [6.07, 6.45) is 0.175. The van der Waals surface area contributed by atoms with Gasteiger partial charge in [-0.05, 0) is 23.6 Å². The van der Waals surface area contributed by atoms with Gasteiger partial charge in [0, 0.05) is 5.39 Å². The Balaban J connectivity index is 1.37. The molecule has 7 nitrogen and oxygen atoms in total. The zero-order chi connectivity index (χ0) is 21.1. The van der Waals surface area contributed by atoms with Gasteiger partial charge in [-0.1, -0.05) is 48.5 Å². The molecule has 8 heteroatoms. The predicted molar refractivity (Wildman–Crippen MR) is 116 cm³/mol. The number of nitrogens with zero attached hydrogens (tertiary/aromatic N) is 1. The molecule has 0 aliphatic carbocycles. The van der Waals surface area contributed by atoms with Crippen molar-refractivity contribution in [3.8, 4) is 11.5 Å². The van der Waals surface area contributed by atoms with E-state index in [-0.39, 0.29) is 25.6 Å². The number of hydrogen-bond acceptors (Lipinski definition) is 5. The van der Waals surface area contributed by atoms with Crippen LogP contribution in [0.15, 0.2) is 66.7 Å². The molecule has 0 spiro atoms. The maximum Gasteiger partial charge on any atom is 0.263 e. The van der Waals surface area contributed by atoms with E-state index in [1.807, 2.05) is 42.5 Å². The lowest BCUT2D eigenvalue weighted by Gasteiger charge is -2.33. The second-order valence-corrected chi connectivity index (χ2v) is 8.89. The van der Waals surface area contributed by atoms with Crippen molar-refractivity contribution in [3.63, 3.8) is 0 Å². The van der Waals surface area contributed by atoms with Crippen LogP contribution in [-0.2, 0) is 14.8 Å². The van der Waals surface area contributed by atoms with Crippen molar-refractivity contribution in [2.24, 2.45) is 0 Å². The van der Waals surface area contributed by atoms with E-state index in [1.165, 1.54) is 4.31 Å². The normalized spacial score (nSPS) is 15.9. The van der Waals surface area contributed by atoms with Crippen LogP contribution in [0.25, 0.3) is 10.8 Å². The van der Waals surface area contributed by atoms with Crippen molar-refractivity contribution in [1.82, 2.24) is 5.32 Å². The first kappa shape index (κ1) is 20.0. The number of carbonyl (C=O) groups excluding carboxylic acids is 1. The van der Waals surface area contributed by atoms with Crippen LogP contribution in [0.4, 0.5) is 5.69 Å². The first-order valence-corrected chi connectivity index (χ1v) is 11.4. The minimum absolute atomic E-state index is 0.0775. The Kier molecular flexibility index (Phi) is 5.50. The van der Waals surface area contributed by atoms with Crippen LogP contribution in [0.2, 0.25) is 0 Å². The summed E-state index contributed by atoms with van der Waals surface area (Å²) in [5.41, 5.74) is 0.434. The number of fused-ring (bicyclic) bond motifs is 2. The van der Waals surface area contributed by atoms with Crippen molar-refractivity contribution >= 4 is 32.4 Å². The molecule has 1 aliphatic heterocycles. The lowest BCUT2D eigenvalue weighted by molar-refractivity contribution is -0.127. The van der Waals surface area contributed by atoms with Crippen molar-refractivity contribution in [2.45, 2.75) is 6.10 Å². The van der Waals surface area contributed by atoms with Crippen molar-refractivity contribution in [1.29, 1.82) is 0 Å². The zero-order valence-corrected chi connectivity index (χ0v) is 17.3. The average Bonchev–Trinajstić information content (AvgIpc) is 2.75. The van der Waals surface area contributed by atoms with Gasteiger partial charge in [-0.15, -0.1) is 0 Å². The van der Waals surface area contributed by atoms with E-state index in [1.54, 1.807) is 24.3 Å². The molecule has 30 heavy (non-hydrogen) atoms. The summed E-state index contributed by atoms with van der Waals surface area (Å²) in [6, 6.07) is 20.5. The number of nitrogens with one attached hydrogen (secondary N) is 1. The summed E-state index contributed by atoms with van der Waals surface area (Å²) < 4.78 is 37.1. The molecule has 3 aromatic rings. The van der Waals surface area contributed by atoms with Crippen LogP contribution in [-0.4, -0.2) is 46.4 Å². The topological polar surface area (TPSA) is 84.9 Å². The molecule has 4 rings (SSSR count). The molecule has 1 amide bonds. The molecule has 0 radical (unpaired) electrons. The molecule has 0 saturated carbocycles. The second kappa shape index (κ2) is 8.23. The first-order chi connectivity index (χ1) is 14.4. The van der Waals surface area contributed by atoms with Gasteiger partial charge in [-0.3, -0.25) is 9.10 Å². The number of para-hydroxylation sites is 2. The van der Waals surface area contributed by atoms with Crippen molar-refractivity contribution in [3.05, 3.63) is 66.7 Å². The lowest BCUT2D eigenvalue weighted by Crippen LogP contribution is -2.51. The maximum atomic E-state index is 12.6. The molecule has 1 aliphatic rings. The number of benzene rings is 3. The Labute approximate surface area is 175 Å². The van der Waals surface area contributed by atoms with Crippen LogP contribution in [0, 0.1) is 0 Å². The van der Waals surface area contributed by atoms with Gasteiger partial charge in [0.1, 0.15) is 18.1 Å². The largest absolute Gasteiger partial charge is 0.491 e. The third kappa shape index (κ3) is 4.18. The fourth-order valence-electron chi connectivity index (χ4n) is 3.42. The van der Waals surface area contributed by atoms with E-state index in [2.05, 4.69) is 5.32 Å². The molecule has 0 unspecified atom stereocenters. The fraction of sp³-hybridized carbons (Fsp3) is 0.227. The van der Waals surface area contributed by atoms with Gasteiger partial charge in [0.2, 0.25) is 10.0 Å². The third-order valence-electron chi connectivity index (χ3n) is 4.84. The van der Waals surface area contributed by atoms with Gasteiger partial charge < -0.3 is 14.8 Å². The lowest BCUT2D eigenvalue weighted by atomic mass is 10.1. The van der Waals surface area contributed by atoms with Crippen LogP contribution in [0.5, 0.6) is 11.5 Å². The number of hydrogen-bond donors (Lipinski definition) is 1. The Bertz CT molecular complexity index is 1170. The molecule has 156 valence electrons. The van der Waals surface area contributed by atoms with E-state index in [4.69, 9.17) is 9.47 Å². The SMILES string of the molecule is CS(=O)(=O)N1C[C@@H](C(=O)NCCOc2cccc3ccccc23)Oc2ccccc21. The number of rotatable bonds is 6. The Morgan fingerprint density at radius 3 is 2.67 bits per heavy atom. The highest BCUT2D eigenvalue weighted by Gasteiger charge is 2.34. The van der Waals surface area contributed by atoms with Gasteiger partial charge in [-0.25, -0.2) is 8.42 Å². The zero-order valence-electron chi connectivity index (χ0n) is 16.4. The van der Waals surface area contributed by atoms with E-state index >= 15 is 0 Å². The molecule has 3 aromatic carbocycles. The molecule has 0 fully saturated rings. The van der Waals surface area contributed by atoms with Gasteiger partial charge in [0.15, 0.2) is 6.10 Å². The standard InChI is InChI=1S/C22H22N2O5S/c1-30(26,27)24-15-21(29-20-11-5-4-10-18(20)24)22(25)23-13-14-28-19-12-6-8-16-7-2-3-9-17(16)19/h2-12,21H,13-15H2,1H3,(H,23,25)/t21-/m0/s1. The number of carbonyl (C=O) groups is 1. The Morgan fingerprint density at radius 2 is 1.83 bits per heavy atom. The summed E-state index contributed by atoms with van der Waals surface area (Å²) >= 11 is 0.